The van der Waals surface area contributed by atoms with Gasteiger partial charge in [0.2, 0.25) is 0 Å². The zero-order chi connectivity index (χ0) is 16.4. The zero-order valence-electron chi connectivity index (χ0n) is 14.3. The lowest BCUT2D eigenvalue weighted by Crippen LogP contribution is -2.49. The first kappa shape index (κ1) is 19.0. The minimum absolute atomic E-state index is 0. The summed E-state index contributed by atoms with van der Waals surface area (Å²) in [6.45, 7) is 8.35. The fraction of sp³-hybridized carbons (Fsp3) is 0.474. The highest BCUT2D eigenvalue weighted by molar-refractivity contribution is 5.85. The van der Waals surface area contributed by atoms with E-state index in [0.29, 0.717) is 5.75 Å². The summed E-state index contributed by atoms with van der Waals surface area (Å²) in [5.74, 6) is 0.291. The average Bonchev–Trinajstić information content (AvgIpc) is 2.56. The van der Waals surface area contributed by atoms with Gasteiger partial charge in [0, 0.05) is 44.2 Å². The molecule has 1 fully saturated rings. The van der Waals surface area contributed by atoms with E-state index in [2.05, 4.69) is 42.3 Å². The summed E-state index contributed by atoms with van der Waals surface area (Å²) in [6.07, 6.45) is 0. The van der Waals surface area contributed by atoms with Crippen molar-refractivity contribution in [3.63, 3.8) is 0 Å². The number of halogens is 1. The van der Waals surface area contributed by atoms with Gasteiger partial charge in [-0.1, -0.05) is 32.0 Å². The molecule has 0 spiro atoms. The van der Waals surface area contributed by atoms with Crippen LogP contribution in [0.5, 0.6) is 5.75 Å². The van der Waals surface area contributed by atoms with Gasteiger partial charge in [-0.3, -0.25) is 4.90 Å². The third kappa shape index (κ3) is 3.83. The van der Waals surface area contributed by atoms with Gasteiger partial charge in [-0.05, 0) is 34.5 Å². The van der Waals surface area contributed by atoms with Crippen LogP contribution in [-0.4, -0.2) is 47.9 Å². The van der Waals surface area contributed by atoms with Gasteiger partial charge in [-0.25, -0.2) is 0 Å². The Bertz CT molecular complexity index is 684. The van der Waals surface area contributed by atoms with E-state index in [1.165, 1.54) is 5.56 Å². The van der Waals surface area contributed by atoms with Crippen LogP contribution in [-0.2, 0) is 0 Å². The molecule has 0 amide bonds. The van der Waals surface area contributed by atoms with Crippen LogP contribution in [0.4, 0.5) is 0 Å². The average molecular weight is 351 g/mol. The Hall–Kier alpha value is -1.33. The number of hydrogen-bond donors (Lipinski definition) is 3. The number of phenols is 1. The molecular weight excluding hydrogens is 324 g/mol. The summed E-state index contributed by atoms with van der Waals surface area (Å²) in [5.41, 5.74) is 1.01. The zero-order valence-corrected chi connectivity index (χ0v) is 15.1. The molecule has 3 rings (SSSR count). The lowest BCUT2D eigenvalue weighted by atomic mass is 9.79. The van der Waals surface area contributed by atoms with E-state index in [9.17, 15) is 10.2 Å². The molecule has 0 bridgehead atoms. The second-order valence-corrected chi connectivity index (χ2v) is 7.13. The lowest BCUT2D eigenvalue weighted by Gasteiger charge is -2.43. The van der Waals surface area contributed by atoms with E-state index in [-0.39, 0.29) is 30.5 Å². The highest BCUT2D eigenvalue weighted by Gasteiger charge is 2.35. The maximum Gasteiger partial charge on any atom is 0.116 e. The Kier molecular flexibility index (Phi) is 6.10. The van der Waals surface area contributed by atoms with Crippen molar-refractivity contribution < 1.29 is 10.2 Å². The maximum atomic E-state index is 9.93. The molecule has 5 heteroatoms. The number of benzene rings is 2. The van der Waals surface area contributed by atoms with Crippen LogP contribution in [0.3, 0.4) is 0 Å². The van der Waals surface area contributed by atoms with Crippen LogP contribution < -0.4 is 5.32 Å². The van der Waals surface area contributed by atoms with Gasteiger partial charge >= 0.3 is 0 Å². The molecule has 1 aliphatic rings. The monoisotopic (exact) mass is 350 g/mol. The number of rotatable bonds is 4. The van der Waals surface area contributed by atoms with Crippen molar-refractivity contribution in [3.8, 4) is 5.75 Å². The molecule has 4 nitrogen and oxygen atoms in total. The number of aliphatic hydroxyl groups excluding tert-OH is 1. The van der Waals surface area contributed by atoms with Crippen LogP contribution in [0.1, 0.15) is 25.5 Å². The van der Waals surface area contributed by atoms with E-state index < -0.39 is 0 Å². The highest BCUT2D eigenvalue weighted by atomic mass is 35.5. The number of hydrogen-bond acceptors (Lipinski definition) is 4. The number of aliphatic hydroxyl groups is 1. The van der Waals surface area contributed by atoms with Gasteiger partial charge < -0.3 is 15.5 Å². The molecule has 1 saturated heterocycles. The van der Waals surface area contributed by atoms with Crippen molar-refractivity contribution in [1.29, 1.82) is 0 Å². The Morgan fingerprint density at radius 1 is 1.08 bits per heavy atom. The van der Waals surface area contributed by atoms with Crippen molar-refractivity contribution in [1.82, 2.24) is 10.2 Å². The highest BCUT2D eigenvalue weighted by Crippen LogP contribution is 2.39. The van der Waals surface area contributed by atoms with E-state index in [1.54, 1.807) is 12.1 Å². The molecule has 0 unspecified atom stereocenters. The Morgan fingerprint density at radius 2 is 1.71 bits per heavy atom. The summed E-state index contributed by atoms with van der Waals surface area (Å²) in [7, 11) is 0. The molecule has 2 aromatic rings. The van der Waals surface area contributed by atoms with E-state index in [0.717, 1.165) is 37.0 Å². The third-order valence-electron chi connectivity index (χ3n) is 4.83. The summed E-state index contributed by atoms with van der Waals surface area (Å²) < 4.78 is 0. The minimum atomic E-state index is -0.220. The van der Waals surface area contributed by atoms with Crippen LogP contribution in [0.25, 0.3) is 10.8 Å². The molecule has 0 radical (unpaired) electrons. The predicted octanol–water partition coefficient (Wildman–Crippen LogP) is 2.93. The predicted molar refractivity (Wildman–Crippen MR) is 101 cm³/mol. The molecule has 0 aromatic heterocycles. The van der Waals surface area contributed by atoms with Crippen molar-refractivity contribution in [3.05, 3.63) is 42.0 Å². The molecule has 24 heavy (non-hydrogen) atoms. The number of nitrogens with one attached hydrogen (secondary N) is 1. The van der Waals surface area contributed by atoms with Gasteiger partial charge in [0.05, 0.1) is 0 Å². The smallest absolute Gasteiger partial charge is 0.116 e. The molecule has 1 aliphatic heterocycles. The number of fused-ring (bicyclic) bond motifs is 1. The molecule has 132 valence electrons. The van der Waals surface area contributed by atoms with Crippen LogP contribution >= 0.6 is 12.4 Å². The first-order chi connectivity index (χ1) is 11.0. The van der Waals surface area contributed by atoms with Crippen LogP contribution in [0, 0.1) is 5.41 Å². The van der Waals surface area contributed by atoms with Gasteiger partial charge in [0.15, 0.2) is 0 Å². The second kappa shape index (κ2) is 7.70. The fourth-order valence-electron chi connectivity index (χ4n) is 3.60. The van der Waals surface area contributed by atoms with Crippen LogP contribution in [0.2, 0.25) is 0 Å². The molecule has 0 aliphatic carbocycles. The lowest BCUT2D eigenvalue weighted by molar-refractivity contribution is 0.0306. The SMILES string of the molecule is CC(C)(CO)[C@H](c1ccc2cc(O)ccc2c1)N1CCNCC1.Cl. The van der Waals surface area contributed by atoms with Crippen molar-refractivity contribution in [2.45, 2.75) is 19.9 Å². The molecule has 3 N–H and O–H groups in total. The van der Waals surface area contributed by atoms with E-state index in [1.807, 2.05) is 6.07 Å². The summed E-state index contributed by atoms with van der Waals surface area (Å²) in [5, 5.41) is 25.1. The number of piperazine rings is 1. The number of nitrogens with zero attached hydrogens (tertiary/aromatic N) is 1. The maximum absolute atomic E-state index is 9.93. The third-order valence-corrected chi connectivity index (χ3v) is 4.83. The van der Waals surface area contributed by atoms with Gasteiger partial charge in [-0.15, -0.1) is 12.4 Å². The van der Waals surface area contributed by atoms with E-state index in [4.69, 9.17) is 0 Å². The fourth-order valence-corrected chi connectivity index (χ4v) is 3.60. The molecule has 0 saturated carbocycles. The Morgan fingerprint density at radius 3 is 2.38 bits per heavy atom. The largest absolute Gasteiger partial charge is 0.508 e. The minimum Gasteiger partial charge on any atom is -0.508 e. The van der Waals surface area contributed by atoms with Gasteiger partial charge in [0.25, 0.3) is 0 Å². The number of phenolic OH excluding ortho intramolecular Hbond substituents is 1. The van der Waals surface area contributed by atoms with Gasteiger partial charge in [-0.2, -0.15) is 0 Å². The van der Waals surface area contributed by atoms with Crippen LogP contribution in [0.15, 0.2) is 36.4 Å². The Balaban J connectivity index is 0.00000208. The first-order valence-electron chi connectivity index (χ1n) is 8.29. The summed E-state index contributed by atoms with van der Waals surface area (Å²) in [4.78, 5) is 2.47. The summed E-state index contributed by atoms with van der Waals surface area (Å²) >= 11 is 0. The normalized spacial score (nSPS) is 17.5. The Labute approximate surface area is 149 Å². The standard InChI is InChI=1S/C19H26N2O2.ClH/c1-19(2,13-22)18(21-9-7-20-8-10-21)16-4-3-15-12-17(23)6-5-14(15)11-16;/h3-6,11-12,18,20,22-23H,7-10,13H2,1-2H3;1H/t18-;/m0./s1. The summed E-state index contributed by atoms with van der Waals surface area (Å²) in [6, 6.07) is 12.0. The topological polar surface area (TPSA) is 55.7 Å². The first-order valence-corrected chi connectivity index (χ1v) is 8.29. The van der Waals surface area contributed by atoms with E-state index >= 15 is 0 Å². The molecule has 1 heterocycles. The van der Waals surface area contributed by atoms with Crippen molar-refractivity contribution in [2.24, 2.45) is 5.41 Å². The van der Waals surface area contributed by atoms with Crippen molar-refractivity contribution in [2.75, 3.05) is 32.8 Å². The molecular formula is C19H27ClN2O2. The molecule has 2 aromatic carbocycles. The number of aromatic hydroxyl groups is 1. The van der Waals surface area contributed by atoms with Gasteiger partial charge in [0.1, 0.15) is 5.75 Å². The molecule has 1 atom stereocenters. The van der Waals surface area contributed by atoms with Crippen molar-refractivity contribution >= 4 is 23.2 Å². The second-order valence-electron chi connectivity index (χ2n) is 7.13. The quantitative estimate of drug-likeness (QED) is 0.793.